The molecule has 5 nitrogen and oxygen atoms in total. The lowest BCUT2D eigenvalue weighted by Gasteiger charge is -2.08. The standard InChI is InChI=1S/C14H13N3O2/c1-17-9-16-13-11(17)6-7-15-14(13)19-12-5-3-2-4-10(12)8-18/h2-7,9,18H,8H2,1H3. The maximum Gasteiger partial charge on any atom is 0.247 e. The first kappa shape index (κ1) is 11.7. The Morgan fingerprint density at radius 3 is 2.89 bits per heavy atom. The smallest absolute Gasteiger partial charge is 0.247 e. The number of aryl methyl sites for hydroxylation is 1. The lowest BCUT2D eigenvalue weighted by atomic mass is 10.2. The first-order valence-electron chi connectivity index (χ1n) is 5.92. The summed E-state index contributed by atoms with van der Waals surface area (Å²) in [6, 6.07) is 9.20. The summed E-state index contributed by atoms with van der Waals surface area (Å²) in [5, 5.41) is 9.29. The number of imidazole rings is 1. The number of aromatic nitrogens is 3. The monoisotopic (exact) mass is 255 g/mol. The molecule has 0 unspecified atom stereocenters. The summed E-state index contributed by atoms with van der Waals surface area (Å²) in [5.41, 5.74) is 2.38. The zero-order valence-corrected chi connectivity index (χ0v) is 10.4. The minimum Gasteiger partial charge on any atom is -0.437 e. The second-order valence-corrected chi connectivity index (χ2v) is 4.21. The van der Waals surface area contributed by atoms with Crippen molar-refractivity contribution in [2.45, 2.75) is 6.61 Å². The Kier molecular flexibility index (Phi) is 2.89. The lowest BCUT2D eigenvalue weighted by Crippen LogP contribution is -1.94. The molecule has 0 saturated carbocycles. The van der Waals surface area contributed by atoms with Crippen LogP contribution in [0.1, 0.15) is 5.56 Å². The van der Waals surface area contributed by atoms with Crippen molar-refractivity contribution in [2.75, 3.05) is 0 Å². The average Bonchev–Trinajstić information content (AvgIpc) is 2.82. The van der Waals surface area contributed by atoms with Crippen molar-refractivity contribution in [2.24, 2.45) is 7.05 Å². The van der Waals surface area contributed by atoms with E-state index in [4.69, 9.17) is 4.74 Å². The summed E-state index contributed by atoms with van der Waals surface area (Å²) in [7, 11) is 1.92. The van der Waals surface area contributed by atoms with Gasteiger partial charge >= 0.3 is 0 Å². The van der Waals surface area contributed by atoms with E-state index < -0.39 is 0 Å². The maximum atomic E-state index is 9.29. The third kappa shape index (κ3) is 2.04. The fourth-order valence-electron chi connectivity index (χ4n) is 1.95. The van der Waals surface area contributed by atoms with E-state index in [9.17, 15) is 5.11 Å². The number of para-hydroxylation sites is 1. The molecule has 0 spiro atoms. The van der Waals surface area contributed by atoms with Gasteiger partial charge in [-0.2, -0.15) is 0 Å². The molecule has 0 amide bonds. The maximum absolute atomic E-state index is 9.29. The quantitative estimate of drug-likeness (QED) is 0.779. The summed E-state index contributed by atoms with van der Waals surface area (Å²) in [5.74, 6) is 1.04. The lowest BCUT2D eigenvalue weighted by molar-refractivity contribution is 0.276. The number of pyridine rings is 1. The van der Waals surface area contributed by atoms with Crippen LogP contribution in [-0.2, 0) is 13.7 Å². The Morgan fingerprint density at radius 2 is 2.05 bits per heavy atom. The second-order valence-electron chi connectivity index (χ2n) is 4.21. The molecule has 0 atom stereocenters. The van der Waals surface area contributed by atoms with E-state index in [1.165, 1.54) is 0 Å². The number of nitrogens with zero attached hydrogens (tertiary/aromatic N) is 3. The van der Waals surface area contributed by atoms with Crippen molar-refractivity contribution in [3.8, 4) is 11.6 Å². The second kappa shape index (κ2) is 4.70. The van der Waals surface area contributed by atoms with E-state index in [0.717, 1.165) is 11.1 Å². The van der Waals surface area contributed by atoms with Crippen LogP contribution in [0.3, 0.4) is 0 Å². The summed E-state index contributed by atoms with van der Waals surface area (Å²) < 4.78 is 7.68. The summed E-state index contributed by atoms with van der Waals surface area (Å²) >= 11 is 0. The molecule has 0 aliphatic heterocycles. The molecule has 2 aromatic heterocycles. The van der Waals surface area contributed by atoms with Crippen LogP contribution in [0.15, 0.2) is 42.9 Å². The van der Waals surface area contributed by atoms with Gasteiger partial charge in [-0.3, -0.25) is 0 Å². The Bertz CT molecular complexity index is 722. The molecule has 2 heterocycles. The fourth-order valence-corrected chi connectivity index (χ4v) is 1.95. The van der Waals surface area contributed by atoms with Gasteiger partial charge in [0.05, 0.1) is 18.5 Å². The number of rotatable bonds is 3. The van der Waals surface area contributed by atoms with Gasteiger partial charge in [0.25, 0.3) is 0 Å². The number of aliphatic hydroxyl groups excluding tert-OH is 1. The minimum absolute atomic E-state index is 0.0750. The molecular weight excluding hydrogens is 242 g/mol. The number of benzene rings is 1. The molecule has 0 fully saturated rings. The van der Waals surface area contributed by atoms with Crippen LogP contribution < -0.4 is 4.74 Å². The van der Waals surface area contributed by atoms with Crippen molar-refractivity contribution in [1.29, 1.82) is 0 Å². The molecule has 1 aromatic carbocycles. The fraction of sp³-hybridized carbons (Fsp3) is 0.143. The molecule has 5 heteroatoms. The number of hydrogen-bond donors (Lipinski definition) is 1. The average molecular weight is 255 g/mol. The molecule has 3 rings (SSSR count). The third-order valence-electron chi connectivity index (χ3n) is 2.96. The van der Waals surface area contributed by atoms with Crippen LogP contribution in [0.5, 0.6) is 11.6 Å². The molecule has 3 aromatic rings. The number of hydrogen-bond acceptors (Lipinski definition) is 4. The normalized spacial score (nSPS) is 10.8. The molecule has 96 valence electrons. The van der Waals surface area contributed by atoms with Crippen LogP contribution in [0.2, 0.25) is 0 Å². The van der Waals surface area contributed by atoms with Gasteiger partial charge in [-0.15, -0.1) is 0 Å². The zero-order valence-electron chi connectivity index (χ0n) is 10.4. The first-order valence-corrected chi connectivity index (χ1v) is 5.92. The van der Waals surface area contributed by atoms with Gasteiger partial charge in [-0.05, 0) is 12.1 Å². The number of fused-ring (bicyclic) bond motifs is 1. The highest BCUT2D eigenvalue weighted by molar-refractivity contribution is 5.80. The summed E-state index contributed by atoms with van der Waals surface area (Å²) in [6.45, 7) is -0.0750. The van der Waals surface area contributed by atoms with E-state index in [0.29, 0.717) is 17.1 Å². The van der Waals surface area contributed by atoms with E-state index in [-0.39, 0.29) is 6.61 Å². The van der Waals surface area contributed by atoms with E-state index in [1.807, 2.05) is 35.9 Å². The van der Waals surface area contributed by atoms with Crippen molar-refractivity contribution < 1.29 is 9.84 Å². The van der Waals surface area contributed by atoms with Gasteiger partial charge < -0.3 is 14.4 Å². The van der Waals surface area contributed by atoms with Gasteiger partial charge in [-0.25, -0.2) is 9.97 Å². The molecule has 0 radical (unpaired) electrons. The Morgan fingerprint density at radius 1 is 1.21 bits per heavy atom. The highest BCUT2D eigenvalue weighted by atomic mass is 16.5. The van der Waals surface area contributed by atoms with Gasteiger partial charge in [0, 0.05) is 18.8 Å². The SMILES string of the molecule is Cn1cnc2c(Oc3ccccc3CO)nccc21. The van der Waals surface area contributed by atoms with E-state index in [2.05, 4.69) is 9.97 Å². The Labute approximate surface area is 110 Å². The number of aliphatic hydroxyl groups is 1. The zero-order chi connectivity index (χ0) is 13.2. The predicted octanol–water partition coefficient (Wildman–Crippen LogP) is 2.25. The molecule has 0 bridgehead atoms. The van der Waals surface area contributed by atoms with Crippen molar-refractivity contribution in [3.63, 3.8) is 0 Å². The third-order valence-corrected chi connectivity index (χ3v) is 2.96. The van der Waals surface area contributed by atoms with E-state index >= 15 is 0 Å². The van der Waals surface area contributed by atoms with Gasteiger partial charge in [0.2, 0.25) is 5.88 Å². The van der Waals surface area contributed by atoms with Crippen LogP contribution in [0.25, 0.3) is 11.0 Å². The van der Waals surface area contributed by atoms with Crippen molar-refractivity contribution in [1.82, 2.24) is 14.5 Å². The van der Waals surface area contributed by atoms with Crippen LogP contribution in [0, 0.1) is 0 Å². The van der Waals surface area contributed by atoms with E-state index in [1.54, 1.807) is 18.6 Å². The molecule has 0 aliphatic rings. The molecule has 19 heavy (non-hydrogen) atoms. The Hall–Kier alpha value is -2.40. The van der Waals surface area contributed by atoms with Crippen molar-refractivity contribution >= 4 is 11.0 Å². The van der Waals surface area contributed by atoms with Gasteiger partial charge in [-0.1, -0.05) is 18.2 Å². The van der Waals surface area contributed by atoms with Crippen molar-refractivity contribution in [3.05, 3.63) is 48.4 Å². The highest BCUT2D eigenvalue weighted by Gasteiger charge is 2.10. The predicted molar refractivity (Wildman–Crippen MR) is 70.9 cm³/mol. The van der Waals surface area contributed by atoms with Crippen LogP contribution >= 0.6 is 0 Å². The molecular formula is C14H13N3O2. The highest BCUT2D eigenvalue weighted by Crippen LogP contribution is 2.28. The van der Waals surface area contributed by atoms with Crippen LogP contribution in [0.4, 0.5) is 0 Å². The largest absolute Gasteiger partial charge is 0.437 e. The van der Waals surface area contributed by atoms with Crippen LogP contribution in [-0.4, -0.2) is 19.6 Å². The summed E-state index contributed by atoms with van der Waals surface area (Å²) in [6.07, 6.45) is 3.40. The summed E-state index contributed by atoms with van der Waals surface area (Å²) in [4.78, 5) is 8.49. The topological polar surface area (TPSA) is 60.2 Å². The first-order chi connectivity index (χ1) is 9.29. The molecule has 0 aliphatic carbocycles. The number of ether oxygens (including phenoxy) is 1. The minimum atomic E-state index is -0.0750. The molecule has 1 N–H and O–H groups in total. The van der Waals surface area contributed by atoms with Gasteiger partial charge in [0.1, 0.15) is 5.75 Å². The molecule has 0 saturated heterocycles. The van der Waals surface area contributed by atoms with Gasteiger partial charge in [0.15, 0.2) is 5.52 Å². The Balaban J connectivity index is 2.06.